The first-order chi connectivity index (χ1) is 9.52. The second-order valence-electron chi connectivity index (χ2n) is 4.61. The molecule has 2 aromatic rings. The summed E-state index contributed by atoms with van der Waals surface area (Å²) in [5, 5.41) is 8.67. The number of anilines is 1. The third kappa shape index (κ3) is 3.14. The van der Waals surface area contributed by atoms with Crippen LogP contribution in [0.2, 0.25) is 5.02 Å². The van der Waals surface area contributed by atoms with Crippen molar-refractivity contribution in [3.63, 3.8) is 0 Å². The van der Waals surface area contributed by atoms with E-state index >= 15 is 0 Å². The van der Waals surface area contributed by atoms with Gasteiger partial charge in [-0.2, -0.15) is 0 Å². The van der Waals surface area contributed by atoms with Gasteiger partial charge in [0.25, 0.3) is 5.91 Å². The molecular formula is C15H17ClN2OS. The van der Waals surface area contributed by atoms with Gasteiger partial charge in [-0.15, -0.1) is 11.3 Å². The molecule has 1 aromatic carbocycles. The van der Waals surface area contributed by atoms with Gasteiger partial charge in [0.05, 0.1) is 16.8 Å². The number of thiophene rings is 1. The highest BCUT2D eigenvalue weighted by atomic mass is 35.5. The average Bonchev–Trinajstić information content (AvgIpc) is 2.86. The van der Waals surface area contributed by atoms with Crippen LogP contribution < -0.4 is 10.6 Å². The van der Waals surface area contributed by atoms with E-state index in [2.05, 4.69) is 35.9 Å². The van der Waals surface area contributed by atoms with Crippen LogP contribution in [0.5, 0.6) is 0 Å². The number of hydrogen-bond acceptors (Lipinski definition) is 3. The van der Waals surface area contributed by atoms with E-state index in [-0.39, 0.29) is 11.9 Å². The zero-order valence-corrected chi connectivity index (χ0v) is 13.2. The molecular weight excluding hydrogens is 292 g/mol. The number of carbonyl (C=O) groups is 1. The van der Waals surface area contributed by atoms with Gasteiger partial charge in [-0.25, -0.2) is 0 Å². The summed E-state index contributed by atoms with van der Waals surface area (Å²) in [6.07, 6.45) is 0. The predicted molar refractivity (Wildman–Crippen MR) is 85.9 cm³/mol. The van der Waals surface area contributed by atoms with Crippen molar-refractivity contribution in [1.82, 2.24) is 5.32 Å². The molecule has 1 aromatic heterocycles. The Kier molecular flexibility index (Phi) is 4.68. The van der Waals surface area contributed by atoms with Crippen LogP contribution in [0, 0.1) is 6.92 Å². The van der Waals surface area contributed by atoms with Crippen LogP contribution >= 0.6 is 22.9 Å². The maximum absolute atomic E-state index is 11.7. The summed E-state index contributed by atoms with van der Waals surface area (Å²) < 4.78 is 0. The Morgan fingerprint density at radius 3 is 2.70 bits per heavy atom. The molecule has 0 radical (unpaired) electrons. The molecule has 1 atom stereocenters. The first-order valence-electron chi connectivity index (χ1n) is 6.35. The number of carbonyl (C=O) groups excluding carboxylic acids is 1. The Hall–Kier alpha value is -1.52. The second kappa shape index (κ2) is 6.29. The minimum Gasteiger partial charge on any atom is -0.376 e. The summed E-state index contributed by atoms with van der Waals surface area (Å²) in [5.41, 5.74) is 2.62. The summed E-state index contributed by atoms with van der Waals surface area (Å²) in [6.45, 7) is 4.17. The first kappa shape index (κ1) is 14.9. The van der Waals surface area contributed by atoms with Crippen LogP contribution in [0.25, 0.3) is 0 Å². The molecule has 2 rings (SSSR count). The molecule has 5 heteroatoms. The summed E-state index contributed by atoms with van der Waals surface area (Å²) in [4.78, 5) is 12.9. The molecule has 0 bridgehead atoms. The Morgan fingerprint density at radius 1 is 1.35 bits per heavy atom. The maximum Gasteiger partial charge on any atom is 0.251 e. The van der Waals surface area contributed by atoms with E-state index in [0.717, 1.165) is 5.69 Å². The molecule has 0 fully saturated rings. The number of rotatable bonds is 4. The normalized spacial score (nSPS) is 12.0. The molecule has 0 saturated carbocycles. The average molecular weight is 309 g/mol. The van der Waals surface area contributed by atoms with Crippen LogP contribution in [0.3, 0.4) is 0 Å². The van der Waals surface area contributed by atoms with Gasteiger partial charge in [0.15, 0.2) is 0 Å². The molecule has 2 N–H and O–H groups in total. The van der Waals surface area contributed by atoms with Gasteiger partial charge >= 0.3 is 0 Å². The first-order valence-corrected chi connectivity index (χ1v) is 7.61. The lowest BCUT2D eigenvalue weighted by Crippen LogP contribution is -2.18. The van der Waals surface area contributed by atoms with Crippen LogP contribution in [-0.2, 0) is 0 Å². The van der Waals surface area contributed by atoms with Gasteiger partial charge in [0.1, 0.15) is 0 Å². The Morgan fingerprint density at radius 2 is 2.10 bits per heavy atom. The van der Waals surface area contributed by atoms with Crippen molar-refractivity contribution >= 4 is 34.5 Å². The second-order valence-corrected chi connectivity index (χ2v) is 5.96. The predicted octanol–water partition coefficient (Wildman–Crippen LogP) is 4.24. The van der Waals surface area contributed by atoms with Crippen molar-refractivity contribution in [2.75, 3.05) is 12.4 Å². The third-order valence-corrected chi connectivity index (χ3v) is 4.65. The Labute approximate surface area is 128 Å². The largest absolute Gasteiger partial charge is 0.376 e. The standard InChI is InChI=1S/C15H17ClN2OS/c1-9-6-7-20-14(9)10(2)18-13-8-11(15(19)17-3)4-5-12(13)16/h4-8,10,18H,1-3H3,(H,17,19). The number of benzene rings is 1. The number of amides is 1. The molecule has 0 aliphatic carbocycles. The smallest absolute Gasteiger partial charge is 0.251 e. The van der Waals surface area contributed by atoms with E-state index in [1.807, 2.05) is 0 Å². The van der Waals surface area contributed by atoms with Crippen molar-refractivity contribution < 1.29 is 4.79 Å². The number of nitrogens with one attached hydrogen (secondary N) is 2. The molecule has 3 nitrogen and oxygen atoms in total. The van der Waals surface area contributed by atoms with Gasteiger partial charge in [-0.05, 0) is 49.1 Å². The minimum atomic E-state index is -0.121. The molecule has 106 valence electrons. The molecule has 1 amide bonds. The van der Waals surface area contributed by atoms with Gasteiger partial charge in [0, 0.05) is 17.5 Å². The molecule has 1 heterocycles. The number of hydrogen-bond donors (Lipinski definition) is 2. The van der Waals surface area contributed by atoms with Crippen molar-refractivity contribution in [3.8, 4) is 0 Å². The van der Waals surface area contributed by atoms with Gasteiger partial charge < -0.3 is 10.6 Å². The van der Waals surface area contributed by atoms with E-state index in [0.29, 0.717) is 10.6 Å². The maximum atomic E-state index is 11.7. The highest BCUT2D eigenvalue weighted by Gasteiger charge is 2.13. The summed E-state index contributed by atoms with van der Waals surface area (Å²) in [5.74, 6) is -0.121. The molecule has 0 saturated heterocycles. The lowest BCUT2D eigenvalue weighted by molar-refractivity contribution is 0.0963. The fourth-order valence-corrected chi connectivity index (χ4v) is 3.16. The zero-order valence-electron chi connectivity index (χ0n) is 11.7. The summed E-state index contributed by atoms with van der Waals surface area (Å²) in [7, 11) is 1.61. The van der Waals surface area contributed by atoms with E-state index in [1.54, 1.807) is 36.6 Å². The van der Waals surface area contributed by atoms with Crippen molar-refractivity contribution in [2.24, 2.45) is 0 Å². The Balaban J connectivity index is 2.24. The molecule has 0 aliphatic rings. The van der Waals surface area contributed by atoms with Crippen molar-refractivity contribution in [2.45, 2.75) is 19.9 Å². The van der Waals surface area contributed by atoms with Gasteiger partial charge in [0.2, 0.25) is 0 Å². The minimum absolute atomic E-state index is 0.121. The molecule has 1 unspecified atom stereocenters. The fourth-order valence-electron chi connectivity index (χ4n) is 2.05. The van der Waals surface area contributed by atoms with E-state index in [4.69, 9.17) is 11.6 Å². The monoisotopic (exact) mass is 308 g/mol. The number of halogens is 1. The van der Waals surface area contributed by atoms with E-state index in [9.17, 15) is 4.79 Å². The quantitative estimate of drug-likeness (QED) is 0.887. The van der Waals surface area contributed by atoms with Crippen molar-refractivity contribution in [3.05, 3.63) is 50.7 Å². The zero-order chi connectivity index (χ0) is 14.7. The van der Waals surface area contributed by atoms with E-state index in [1.165, 1.54) is 10.4 Å². The molecule has 0 spiro atoms. The Bertz CT molecular complexity index is 624. The van der Waals surface area contributed by atoms with E-state index < -0.39 is 0 Å². The number of aryl methyl sites for hydroxylation is 1. The van der Waals surface area contributed by atoms with Crippen LogP contribution in [0.4, 0.5) is 5.69 Å². The SMILES string of the molecule is CNC(=O)c1ccc(Cl)c(NC(C)c2sccc2C)c1. The highest BCUT2D eigenvalue weighted by molar-refractivity contribution is 7.10. The van der Waals surface area contributed by atoms with Crippen LogP contribution in [-0.4, -0.2) is 13.0 Å². The lowest BCUT2D eigenvalue weighted by Gasteiger charge is -2.17. The third-order valence-electron chi connectivity index (χ3n) is 3.12. The topological polar surface area (TPSA) is 41.1 Å². The van der Waals surface area contributed by atoms with Gasteiger partial charge in [-0.1, -0.05) is 11.6 Å². The van der Waals surface area contributed by atoms with Gasteiger partial charge in [-0.3, -0.25) is 4.79 Å². The van der Waals surface area contributed by atoms with Crippen molar-refractivity contribution in [1.29, 1.82) is 0 Å². The summed E-state index contributed by atoms with van der Waals surface area (Å²) >= 11 is 7.91. The molecule has 0 aliphatic heterocycles. The van der Waals surface area contributed by atoms with Crippen LogP contribution in [0.1, 0.15) is 33.8 Å². The lowest BCUT2D eigenvalue weighted by atomic mass is 10.1. The summed E-state index contributed by atoms with van der Waals surface area (Å²) in [6, 6.07) is 7.48. The highest BCUT2D eigenvalue weighted by Crippen LogP contribution is 2.30. The molecule has 20 heavy (non-hydrogen) atoms. The fraction of sp³-hybridized carbons (Fsp3) is 0.267. The van der Waals surface area contributed by atoms with Crippen LogP contribution in [0.15, 0.2) is 29.6 Å².